The Morgan fingerprint density at radius 2 is 1.52 bits per heavy atom. The highest BCUT2D eigenvalue weighted by Gasteiger charge is 2.29. The molecule has 25 heavy (non-hydrogen) atoms. The van der Waals surface area contributed by atoms with Crippen LogP contribution in [-0.4, -0.2) is 17.7 Å². The molecular formula is C19H19N3O3. The van der Waals surface area contributed by atoms with Crippen molar-refractivity contribution in [2.75, 3.05) is 5.32 Å². The summed E-state index contributed by atoms with van der Waals surface area (Å²) in [5.74, 6) is -0.525. The number of benzene rings is 2. The highest BCUT2D eigenvalue weighted by molar-refractivity contribution is 5.97. The van der Waals surface area contributed by atoms with Crippen LogP contribution in [-0.2, 0) is 11.3 Å². The molecule has 0 heterocycles. The number of nitrogens with two attached hydrogens (primary N) is 1. The molecule has 6 heteroatoms. The average molecular weight is 337 g/mol. The van der Waals surface area contributed by atoms with Gasteiger partial charge in [0.05, 0.1) is 0 Å². The Kier molecular flexibility index (Phi) is 4.79. The average Bonchev–Trinajstić information content (AvgIpc) is 3.46. The van der Waals surface area contributed by atoms with Crippen LogP contribution in [0, 0.1) is 5.92 Å². The molecule has 0 radical (unpaired) electrons. The number of hydrogen-bond donors (Lipinski definition) is 3. The van der Waals surface area contributed by atoms with E-state index in [9.17, 15) is 14.4 Å². The van der Waals surface area contributed by atoms with Crippen molar-refractivity contribution < 1.29 is 14.4 Å². The molecule has 1 aliphatic rings. The van der Waals surface area contributed by atoms with Gasteiger partial charge in [0.15, 0.2) is 0 Å². The van der Waals surface area contributed by atoms with E-state index >= 15 is 0 Å². The summed E-state index contributed by atoms with van der Waals surface area (Å²) in [4.78, 5) is 34.8. The summed E-state index contributed by atoms with van der Waals surface area (Å²) in [5.41, 5.74) is 7.67. The maximum Gasteiger partial charge on any atom is 0.251 e. The van der Waals surface area contributed by atoms with Crippen LogP contribution >= 0.6 is 0 Å². The predicted molar refractivity (Wildman–Crippen MR) is 93.9 cm³/mol. The number of anilines is 1. The molecule has 1 fully saturated rings. The molecule has 4 N–H and O–H groups in total. The van der Waals surface area contributed by atoms with Crippen LogP contribution in [0.15, 0.2) is 48.5 Å². The Morgan fingerprint density at radius 3 is 2.08 bits per heavy atom. The third-order valence-corrected chi connectivity index (χ3v) is 4.05. The Morgan fingerprint density at radius 1 is 0.920 bits per heavy atom. The van der Waals surface area contributed by atoms with Gasteiger partial charge < -0.3 is 16.4 Å². The zero-order chi connectivity index (χ0) is 17.8. The standard InChI is InChI=1S/C19H19N3O3/c20-17(23)13-3-5-14(6-4-13)18(24)21-11-12-1-9-16(10-2-12)22-19(25)15-7-8-15/h1-6,9-10,15H,7-8,11H2,(H2,20,23)(H,21,24)(H,22,25). The van der Waals surface area contributed by atoms with Gasteiger partial charge in [-0.15, -0.1) is 0 Å². The first-order valence-electron chi connectivity index (χ1n) is 8.11. The first-order valence-corrected chi connectivity index (χ1v) is 8.11. The number of rotatable bonds is 6. The van der Waals surface area contributed by atoms with E-state index < -0.39 is 5.91 Å². The zero-order valence-electron chi connectivity index (χ0n) is 13.6. The monoisotopic (exact) mass is 337 g/mol. The van der Waals surface area contributed by atoms with E-state index in [1.807, 2.05) is 24.3 Å². The van der Waals surface area contributed by atoms with Crippen LogP contribution in [0.25, 0.3) is 0 Å². The van der Waals surface area contributed by atoms with E-state index in [1.165, 1.54) is 12.1 Å². The van der Waals surface area contributed by atoms with E-state index in [2.05, 4.69) is 10.6 Å². The van der Waals surface area contributed by atoms with Gasteiger partial charge in [0.25, 0.3) is 5.91 Å². The molecule has 0 aromatic heterocycles. The quantitative estimate of drug-likeness (QED) is 0.752. The van der Waals surface area contributed by atoms with E-state index in [0.717, 1.165) is 24.1 Å². The molecule has 3 amide bonds. The molecule has 0 aliphatic heterocycles. The number of carbonyl (C=O) groups is 3. The summed E-state index contributed by atoms with van der Waals surface area (Å²) >= 11 is 0. The summed E-state index contributed by atoms with van der Waals surface area (Å²) in [6, 6.07) is 13.5. The molecule has 2 aromatic rings. The first-order chi connectivity index (χ1) is 12.0. The number of hydrogen-bond acceptors (Lipinski definition) is 3. The van der Waals surface area contributed by atoms with Crippen LogP contribution in [0.4, 0.5) is 5.69 Å². The van der Waals surface area contributed by atoms with Crippen molar-refractivity contribution in [2.45, 2.75) is 19.4 Å². The minimum absolute atomic E-state index is 0.0699. The lowest BCUT2D eigenvalue weighted by Crippen LogP contribution is -2.23. The molecule has 3 rings (SSSR count). The largest absolute Gasteiger partial charge is 0.366 e. The molecule has 0 bridgehead atoms. The topological polar surface area (TPSA) is 101 Å². The smallest absolute Gasteiger partial charge is 0.251 e. The van der Waals surface area contributed by atoms with Gasteiger partial charge >= 0.3 is 0 Å². The van der Waals surface area contributed by atoms with Crippen LogP contribution in [0.5, 0.6) is 0 Å². The molecule has 6 nitrogen and oxygen atoms in total. The second kappa shape index (κ2) is 7.17. The SMILES string of the molecule is NC(=O)c1ccc(C(=O)NCc2ccc(NC(=O)C3CC3)cc2)cc1. The molecule has 0 atom stereocenters. The van der Waals surface area contributed by atoms with Crippen molar-refractivity contribution in [2.24, 2.45) is 11.7 Å². The number of carbonyl (C=O) groups excluding carboxylic acids is 3. The second-order valence-electron chi connectivity index (χ2n) is 6.08. The number of nitrogens with one attached hydrogen (secondary N) is 2. The van der Waals surface area contributed by atoms with Crippen LogP contribution in [0.3, 0.4) is 0 Å². The second-order valence-corrected chi connectivity index (χ2v) is 6.08. The minimum atomic E-state index is -0.527. The maximum absolute atomic E-state index is 12.1. The molecule has 0 saturated heterocycles. The molecule has 2 aromatic carbocycles. The first kappa shape index (κ1) is 16.7. The summed E-state index contributed by atoms with van der Waals surface area (Å²) in [5, 5.41) is 5.68. The van der Waals surface area contributed by atoms with Crippen molar-refractivity contribution in [1.82, 2.24) is 5.32 Å². The molecule has 0 spiro atoms. The van der Waals surface area contributed by atoms with Crippen molar-refractivity contribution in [3.8, 4) is 0 Å². The fourth-order valence-electron chi connectivity index (χ4n) is 2.37. The number of amides is 3. The lowest BCUT2D eigenvalue weighted by molar-refractivity contribution is -0.117. The Bertz CT molecular complexity index is 794. The van der Waals surface area contributed by atoms with Gasteiger partial charge in [0.2, 0.25) is 11.8 Å². The van der Waals surface area contributed by atoms with E-state index in [0.29, 0.717) is 17.7 Å². The van der Waals surface area contributed by atoms with E-state index in [-0.39, 0.29) is 17.7 Å². The van der Waals surface area contributed by atoms with Gasteiger partial charge in [-0.3, -0.25) is 14.4 Å². The molecule has 128 valence electrons. The summed E-state index contributed by atoms with van der Waals surface area (Å²) in [7, 11) is 0. The van der Waals surface area contributed by atoms with Gasteiger partial charge in [0.1, 0.15) is 0 Å². The molecule has 1 aliphatic carbocycles. The maximum atomic E-state index is 12.1. The Balaban J connectivity index is 1.52. The fraction of sp³-hybridized carbons (Fsp3) is 0.211. The van der Waals surface area contributed by atoms with E-state index in [4.69, 9.17) is 5.73 Å². The lowest BCUT2D eigenvalue weighted by Gasteiger charge is -2.08. The Labute approximate surface area is 145 Å². The normalized spacial score (nSPS) is 13.1. The van der Waals surface area contributed by atoms with Crippen LogP contribution < -0.4 is 16.4 Å². The molecule has 1 saturated carbocycles. The van der Waals surface area contributed by atoms with Crippen LogP contribution in [0.2, 0.25) is 0 Å². The zero-order valence-corrected chi connectivity index (χ0v) is 13.6. The van der Waals surface area contributed by atoms with Crippen molar-refractivity contribution in [3.63, 3.8) is 0 Å². The lowest BCUT2D eigenvalue weighted by atomic mass is 10.1. The van der Waals surface area contributed by atoms with Crippen molar-refractivity contribution in [1.29, 1.82) is 0 Å². The summed E-state index contributed by atoms with van der Waals surface area (Å²) in [6.45, 7) is 0.368. The highest BCUT2D eigenvalue weighted by atomic mass is 16.2. The fourth-order valence-corrected chi connectivity index (χ4v) is 2.37. The van der Waals surface area contributed by atoms with Gasteiger partial charge in [-0.25, -0.2) is 0 Å². The minimum Gasteiger partial charge on any atom is -0.366 e. The predicted octanol–water partition coefficient (Wildman–Crippen LogP) is 2.06. The van der Waals surface area contributed by atoms with Crippen molar-refractivity contribution >= 4 is 23.4 Å². The van der Waals surface area contributed by atoms with Gasteiger partial charge in [0, 0.05) is 29.3 Å². The number of primary amides is 1. The summed E-state index contributed by atoms with van der Waals surface area (Å²) < 4.78 is 0. The van der Waals surface area contributed by atoms with E-state index in [1.54, 1.807) is 12.1 Å². The van der Waals surface area contributed by atoms with Crippen LogP contribution in [0.1, 0.15) is 39.1 Å². The van der Waals surface area contributed by atoms with Gasteiger partial charge in [-0.1, -0.05) is 12.1 Å². The highest BCUT2D eigenvalue weighted by Crippen LogP contribution is 2.30. The van der Waals surface area contributed by atoms with Crippen molar-refractivity contribution in [3.05, 3.63) is 65.2 Å². The Hall–Kier alpha value is -3.15. The third-order valence-electron chi connectivity index (χ3n) is 4.05. The third kappa shape index (κ3) is 4.44. The van der Waals surface area contributed by atoms with Gasteiger partial charge in [-0.05, 0) is 54.8 Å². The summed E-state index contributed by atoms with van der Waals surface area (Å²) in [6.07, 6.45) is 1.94. The van der Waals surface area contributed by atoms with Gasteiger partial charge in [-0.2, -0.15) is 0 Å². The molecule has 0 unspecified atom stereocenters. The molecular weight excluding hydrogens is 318 g/mol.